The molecule has 0 aromatic heterocycles. The second kappa shape index (κ2) is 7.13. The normalized spacial score (nSPS) is 14.2. The number of carboxylic acids is 1. The molecule has 0 radical (unpaired) electrons. The lowest BCUT2D eigenvalue weighted by Crippen LogP contribution is -2.29. The van der Waals surface area contributed by atoms with E-state index in [0.717, 1.165) is 17.5 Å². The third-order valence-corrected chi connectivity index (χ3v) is 3.10. The third-order valence-electron chi connectivity index (χ3n) is 3.10. The van der Waals surface area contributed by atoms with Gasteiger partial charge in [-0.25, -0.2) is 0 Å². The Morgan fingerprint density at radius 1 is 1.39 bits per heavy atom. The lowest BCUT2D eigenvalue weighted by molar-refractivity contribution is -0.137. The highest BCUT2D eigenvalue weighted by Crippen LogP contribution is 2.24. The van der Waals surface area contributed by atoms with Crippen LogP contribution in [0.3, 0.4) is 0 Å². The van der Waals surface area contributed by atoms with Gasteiger partial charge in [0.15, 0.2) is 0 Å². The average Bonchev–Trinajstić information content (AvgIpc) is 2.36. The third kappa shape index (κ3) is 4.13. The maximum absolute atomic E-state index is 10.9. The number of aliphatic carboxylic acids is 1. The number of ether oxygens (including phenoxy) is 1. The van der Waals surface area contributed by atoms with E-state index in [1.54, 1.807) is 7.11 Å². The highest BCUT2D eigenvalue weighted by molar-refractivity contribution is 5.68. The van der Waals surface area contributed by atoms with Gasteiger partial charge in [-0.2, -0.15) is 0 Å². The summed E-state index contributed by atoms with van der Waals surface area (Å²) in [6.45, 7) is 2.53. The molecule has 0 amide bonds. The Bertz CT molecular complexity index is 375. The van der Waals surface area contributed by atoms with Crippen LogP contribution in [0.5, 0.6) is 0 Å². The Hall–Kier alpha value is -1.39. The molecule has 0 aliphatic heterocycles. The van der Waals surface area contributed by atoms with Crippen molar-refractivity contribution < 1.29 is 14.6 Å². The fourth-order valence-corrected chi connectivity index (χ4v) is 2.02. The first-order valence-corrected chi connectivity index (χ1v) is 6.13. The molecular weight excluding hydrogens is 230 g/mol. The summed E-state index contributed by atoms with van der Waals surface area (Å²) >= 11 is 0. The van der Waals surface area contributed by atoms with Crippen molar-refractivity contribution in [2.75, 3.05) is 7.11 Å². The number of rotatable bonds is 7. The molecule has 0 saturated carbocycles. The second-order valence-corrected chi connectivity index (χ2v) is 4.45. The van der Waals surface area contributed by atoms with E-state index in [1.165, 1.54) is 0 Å². The van der Waals surface area contributed by atoms with Gasteiger partial charge in [-0.1, -0.05) is 31.2 Å². The smallest absolute Gasteiger partial charge is 0.304 e. The van der Waals surface area contributed by atoms with Crippen molar-refractivity contribution in [2.45, 2.75) is 38.3 Å². The maximum atomic E-state index is 10.9. The van der Waals surface area contributed by atoms with Gasteiger partial charge in [0.25, 0.3) is 0 Å². The van der Waals surface area contributed by atoms with Gasteiger partial charge in [0.05, 0.1) is 13.0 Å². The van der Waals surface area contributed by atoms with Crippen LogP contribution < -0.4 is 5.73 Å². The Kier molecular flexibility index (Phi) is 5.82. The second-order valence-electron chi connectivity index (χ2n) is 4.45. The lowest BCUT2D eigenvalue weighted by Gasteiger charge is -2.22. The van der Waals surface area contributed by atoms with Crippen molar-refractivity contribution in [3.63, 3.8) is 0 Å². The monoisotopic (exact) mass is 251 g/mol. The average molecular weight is 251 g/mol. The molecule has 1 aromatic rings. The van der Waals surface area contributed by atoms with Gasteiger partial charge in [-0.15, -0.1) is 0 Å². The van der Waals surface area contributed by atoms with Crippen LogP contribution in [-0.4, -0.2) is 24.2 Å². The summed E-state index contributed by atoms with van der Waals surface area (Å²) < 4.78 is 5.04. The molecule has 2 atom stereocenters. The molecule has 4 heteroatoms. The summed E-state index contributed by atoms with van der Waals surface area (Å²) in [5.74, 6) is -0.950. The first kappa shape index (κ1) is 14.7. The number of hydrogen-bond donors (Lipinski definition) is 2. The summed E-state index contributed by atoms with van der Waals surface area (Å²) in [5, 5.41) is 8.95. The Balaban J connectivity index is 2.87. The number of hydrogen-bond acceptors (Lipinski definition) is 3. The fourth-order valence-electron chi connectivity index (χ4n) is 2.02. The van der Waals surface area contributed by atoms with Crippen LogP contribution in [0.2, 0.25) is 0 Å². The van der Waals surface area contributed by atoms with Crippen LogP contribution in [0.1, 0.15) is 36.8 Å². The predicted octanol–water partition coefficient (Wildman–Crippen LogP) is 2.13. The topological polar surface area (TPSA) is 72.6 Å². The molecule has 0 saturated heterocycles. The Morgan fingerprint density at radius 3 is 2.44 bits per heavy atom. The minimum Gasteiger partial charge on any atom is -0.481 e. The van der Waals surface area contributed by atoms with E-state index in [0.29, 0.717) is 6.61 Å². The molecule has 100 valence electrons. The number of carboxylic acid groups (broad SMARTS) is 1. The van der Waals surface area contributed by atoms with E-state index in [-0.39, 0.29) is 18.4 Å². The van der Waals surface area contributed by atoms with Gasteiger partial charge >= 0.3 is 5.97 Å². The molecule has 3 N–H and O–H groups in total. The standard InChI is InChI=1S/C14H21NO3/c1-3-13(15)12(8-14(16)17)11-6-4-10(5-7-11)9-18-2/h4-7,12-13H,3,8-9,15H2,1-2H3,(H,16,17). The van der Waals surface area contributed by atoms with Crippen molar-refractivity contribution >= 4 is 5.97 Å². The molecule has 4 nitrogen and oxygen atoms in total. The Labute approximate surface area is 108 Å². The molecular formula is C14H21NO3. The molecule has 0 aliphatic carbocycles. The van der Waals surface area contributed by atoms with Crippen LogP contribution in [0.4, 0.5) is 0 Å². The van der Waals surface area contributed by atoms with Crippen LogP contribution in [0.25, 0.3) is 0 Å². The minimum atomic E-state index is -0.815. The maximum Gasteiger partial charge on any atom is 0.304 e. The molecule has 0 spiro atoms. The van der Waals surface area contributed by atoms with Crippen molar-refractivity contribution in [3.8, 4) is 0 Å². The highest BCUT2D eigenvalue weighted by Gasteiger charge is 2.21. The van der Waals surface area contributed by atoms with E-state index < -0.39 is 5.97 Å². The van der Waals surface area contributed by atoms with Crippen molar-refractivity contribution in [2.24, 2.45) is 5.73 Å². The van der Waals surface area contributed by atoms with E-state index in [4.69, 9.17) is 15.6 Å². The zero-order chi connectivity index (χ0) is 13.5. The van der Waals surface area contributed by atoms with Gasteiger partial charge in [0.2, 0.25) is 0 Å². The lowest BCUT2D eigenvalue weighted by atomic mass is 9.87. The largest absolute Gasteiger partial charge is 0.481 e. The molecule has 2 unspecified atom stereocenters. The van der Waals surface area contributed by atoms with Crippen molar-refractivity contribution in [1.29, 1.82) is 0 Å². The first-order valence-electron chi connectivity index (χ1n) is 6.13. The number of methoxy groups -OCH3 is 1. The van der Waals surface area contributed by atoms with Gasteiger partial charge in [0, 0.05) is 19.1 Å². The van der Waals surface area contributed by atoms with Crippen LogP contribution >= 0.6 is 0 Å². The molecule has 0 bridgehead atoms. The van der Waals surface area contributed by atoms with Gasteiger partial charge in [-0.3, -0.25) is 4.79 Å². The fraction of sp³-hybridized carbons (Fsp3) is 0.500. The molecule has 18 heavy (non-hydrogen) atoms. The quantitative estimate of drug-likeness (QED) is 0.778. The number of benzene rings is 1. The van der Waals surface area contributed by atoms with Crippen LogP contribution in [-0.2, 0) is 16.1 Å². The molecule has 0 aliphatic rings. The number of carbonyl (C=O) groups is 1. The summed E-state index contributed by atoms with van der Waals surface area (Å²) in [7, 11) is 1.65. The first-order chi connectivity index (χ1) is 8.58. The SMILES string of the molecule is CCC(N)C(CC(=O)O)c1ccc(COC)cc1. The molecule has 1 rings (SSSR count). The summed E-state index contributed by atoms with van der Waals surface area (Å²) in [6, 6.07) is 7.66. The van der Waals surface area contributed by atoms with Crippen LogP contribution in [0.15, 0.2) is 24.3 Å². The number of nitrogens with two attached hydrogens (primary N) is 1. The van der Waals surface area contributed by atoms with E-state index in [2.05, 4.69) is 0 Å². The zero-order valence-electron chi connectivity index (χ0n) is 10.9. The predicted molar refractivity (Wildman–Crippen MR) is 70.4 cm³/mol. The van der Waals surface area contributed by atoms with Crippen molar-refractivity contribution in [1.82, 2.24) is 0 Å². The van der Waals surface area contributed by atoms with Gasteiger partial charge in [0.1, 0.15) is 0 Å². The van der Waals surface area contributed by atoms with E-state index >= 15 is 0 Å². The van der Waals surface area contributed by atoms with E-state index in [9.17, 15) is 4.79 Å². The Morgan fingerprint density at radius 2 is 2.00 bits per heavy atom. The highest BCUT2D eigenvalue weighted by atomic mass is 16.5. The molecule has 0 heterocycles. The zero-order valence-corrected chi connectivity index (χ0v) is 10.9. The summed E-state index contributed by atoms with van der Waals surface area (Å²) in [4.78, 5) is 10.9. The minimum absolute atomic E-state index is 0.0681. The van der Waals surface area contributed by atoms with Crippen LogP contribution in [0, 0.1) is 0 Å². The van der Waals surface area contributed by atoms with E-state index in [1.807, 2.05) is 31.2 Å². The van der Waals surface area contributed by atoms with Crippen molar-refractivity contribution in [3.05, 3.63) is 35.4 Å². The molecule has 0 fully saturated rings. The summed E-state index contributed by atoms with van der Waals surface area (Å²) in [5.41, 5.74) is 8.05. The summed E-state index contributed by atoms with van der Waals surface area (Å²) in [6.07, 6.45) is 0.830. The van der Waals surface area contributed by atoms with Gasteiger partial charge < -0.3 is 15.6 Å². The molecule has 1 aromatic carbocycles. The van der Waals surface area contributed by atoms with Gasteiger partial charge in [-0.05, 0) is 17.5 Å².